The van der Waals surface area contributed by atoms with Crippen molar-refractivity contribution in [2.75, 3.05) is 27.4 Å². The number of methoxy groups -OCH3 is 2. The first-order valence-corrected chi connectivity index (χ1v) is 5.85. The van der Waals surface area contributed by atoms with Crippen LogP contribution in [0.1, 0.15) is 18.0 Å². The van der Waals surface area contributed by atoms with Gasteiger partial charge in [-0.15, -0.1) is 0 Å². The third kappa shape index (κ3) is 4.76. The zero-order chi connectivity index (χ0) is 14.3. The molecule has 0 heterocycles. The molecule has 106 valence electrons. The highest BCUT2D eigenvalue weighted by Crippen LogP contribution is 2.30. The molecular weight excluding hydrogens is 250 g/mol. The van der Waals surface area contributed by atoms with E-state index in [-0.39, 0.29) is 6.42 Å². The summed E-state index contributed by atoms with van der Waals surface area (Å²) in [6.45, 7) is 0.886. The Balaban J connectivity index is 2.79. The third-order valence-electron chi connectivity index (χ3n) is 2.56. The number of nitrogens with two attached hydrogens (primary N) is 1. The van der Waals surface area contributed by atoms with Crippen LogP contribution in [-0.4, -0.2) is 38.5 Å². The highest BCUT2D eigenvalue weighted by molar-refractivity contribution is 5.68. The Morgan fingerprint density at radius 2 is 2.05 bits per heavy atom. The van der Waals surface area contributed by atoms with Gasteiger partial charge in [-0.2, -0.15) is 0 Å². The molecule has 0 spiro atoms. The van der Waals surface area contributed by atoms with E-state index in [2.05, 4.69) is 0 Å². The first kappa shape index (κ1) is 15.3. The van der Waals surface area contributed by atoms with Gasteiger partial charge in [0.15, 0.2) is 11.5 Å². The lowest BCUT2D eigenvalue weighted by molar-refractivity contribution is -0.137. The van der Waals surface area contributed by atoms with Crippen molar-refractivity contribution in [1.82, 2.24) is 0 Å². The first-order valence-electron chi connectivity index (χ1n) is 5.85. The van der Waals surface area contributed by atoms with Crippen LogP contribution >= 0.6 is 0 Å². The molecule has 0 amide bonds. The van der Waals surface area contributed by atoms with Gasteiger partial charge in [0, 0.05) is 13.2 Å². The molecule has 0 saturated heterocycles. The summed E-state index contributed by atoms with van der Waals surface area (Å²) in [4.78, 5) is 10.6. The van der Waals surface area contributed by atoms with Crippen LogP contribution in [0.3, 0.4) is 0 Å². The third-order valence-corrected chi connectivity index (χ3v) is 2.56. The largest absolute Gasteiger partial charge is 0.493 e. The molecule has 0 bridgehead atoms. The summed E-state index contributed by atoms with van der Waals surface area (Å²) in [5, 5.41) is 8.72. The Labute approximate surface area is 112 Å². The second kappa shape index (κ2) is 7.60. The molecule has 1 rings (SSSR count). The van der Waals surface area contributed by atoms with Gasteiger partial charge in [0.2, 0.25) is 0 Å². The molecule has 0 fully saturated rings. The van der Waals surface area contributed by atoms with Crippen LogP contribution in [-0.2, 0) is 9.53 Å². The van der Waals surface area contributed by atoms with Gasteiger partial charge in [-0.05, 0) is 17.7 Å². The average molecular weight is 269 g/mol. The number of rotatable bonds is 8. The molecule has 0 unspecified atom stereocenters. The van der Waals surface area contributed by atoms with Gasteiger partial charge >= 0.3 is 5.97 Å². The van der Waals surface area contributed by atoms with E-state index in [0.29, 0.717) is 30.3 Å². The van der Waals surface area contributed by atoms with Gasteiger partial charge in [-0.25, -0.2) is 0 Å². The summed E-state index contributed by atoms with van der Waals surface area (Å²) in [7, 11) is 3.11. The van der Waals surface area contributed by atoms with Gasteiger partial charge in [-0.1, -0.05) is 6.07 Å². The van der Waals surface area contributed by atoms with E-state index in [4.69, 9.17) is 25.1 Å². The van der Waals surface area contributed by atoms with Crippen LogP contribution in [0.2, 0.25) is 0 Å². The summed E-state index contributed by atoms with van der Waals surface area (Å²) in [6, 6.07) is 4.57. The van der Waals surface area contributed by atoms with Crippen molar-refractivity contribution in [3.05, 3.63) is 23.8 Å². The number of hydrogen-bond donors (Lipinski definition) is 2. The Bertz CT molecular complexity index is 421. The van der Waals surface area contributed by atoms with Crippen molar-refractivity contribution >= 4 is 5.97 Å². The molecule has 0 aromatic heterocycles. The monoisotopic (exact) mass is 269 g/mol. The molecule has 19 heavy (non-hydrogen) atoms. The van der Waals surface area contributed by atoms with Gasteiger partial charge in [0.25, 0.3) is 0 Å². The molecule has 0 saturated carbocycles. The lowest BCUT2D eigenvalue weighted by atomic mass is 10.0. The Morgan fingerprint density at radius 1 is 1.32 bits per heavy atom. The van der Waals surface area contributed by atoms with E-state index >= 15 is 0 Å². The van der Waals surface area contributed by atoms with Crippen molar-refractivity contribution in [1.29, 1.82) is 0 Å². The van der Waals surface area contributed by atoms with Gasteiger partial charge < -0.3 is 25.1 Å². The van der Waals surface area contributed by atoms with Crippen molar-refractivity contribution in [3.63, 3.8) is 0 Å². The van der Waals surface area contributed by atoms with Crippen LogP contribution < -0.4 is 15.2 Å². The van der Waals surface area contributed by atoms with E-state index < -0.39 is 12.0 Å². The molecule has 1 atom stereocenters. The number of carbonyl (C=O) groups is 1. The van der Waals surface area contributed by atoms with Crippen molar-refractivity contribution in [3.8, 4) is 11.5 Å². The minimum absolute atomic E-state index is 0.132. The number of hydrogen-bond acceptors (Lipinski definition) is 5. The highest BCUT2D eigenvalue weighted by atomic mass is 16.5. The van der Waals surface area contributed by atoms with Gasteiger partial charge in [0.1, 0.15) is 6.61 Å². The molecule has 6 heteroatoms. The topological polar surface area (TPSA) is 91.0 Å². The summed E-state index contributed by atoms with van der Waals surface area (Å²) in [5.41, 5.74) is 6.49. The maximum atomic E-state index is 10.6. The second-order valence-electron chi connectivity index (χ2n) is 3.96. The summed E-state index contributed by atoms with van der Waals surface area (Å²) in [5.74, 6) is 0.159. The first-order chi connectivity index (χ1) is 9.08. The van der Waals surface area contributed by atoms with Gasteiger partial charge in [-0.3, -0.25) is 4.79 Å². The fourth-order valence-corrected chi connectivity index (χ4v) is 1.57. The van der Waals surface area contributed by atoms with Crippen LogP contribution in [0.5, 0.6) is 11.5 Å². The van der Waals surface area contributed by atoms with E-state index in [9.17, 15) is 4.79 Å². The smallest absolute Gasteiger partial charge is 0.305 e. The molecule has 0 radical (unpaired) electrons. The minimum atomic E-state index is -0.938. The van der Waals surface area contributed by atoms with E-state index in [0.717, 1.165) is 0 Å². The second-order valence-corrected chi connectivity index (χ2v) is 3.96. The lowest BCUT2D eigenvalue weighted by Gasteiger charge is -2.14. The van der Waals surface area contributed by atoms with E-state index in [1.54, 1.807) is 25.3 Å². The normalized spacial score (nSPS) is 11.9. The van der Waals surface area contributed by atoms with Crippen LogP contribution in [0.15, 0.2) is 18.2 Å². The number of aliphatic carboxylic acids is 1. The van der Waals surface area contributed by atoms with Crippen molar-refractivity contribution in [2.24, 2.45) is 5.73 Å². The molecule has 1 aromatic rings. The van der Waals surface area contributed by atoms with E-state index in [1.807, 2.05) is 0 Å². The van der Waals surface area contributed by atoms with Crippen LogP contribution in [0.25, 0.3) is 0 Å². The molecule has 0 aliphatic rings. The Kier molecular flexibility index (Phi) is 6.11. The highest BCUT2D eigenvalue weighted by Gasteiger charge is 2.13. The van der Waals surface area contributed by atoms with Crippen LogP contribution in [0.4, 0.5) is 0 Å². The predicted molar refractivity (Wildman–Crippen MR) is 69.5 cm³/mol. The van der Waals surface area contributed by atoms with Gasteiger partial charge in [0.05, 0.1) is 20.1 Å². The molecule has 1 aromatic carbocycles. The molecule has 0 aliphatic heterocycles. The maximum Gasteiger partial charge on any atom is 0.305 e. The number of carboxylic acid groups (broad SMARTS) is 1. The Hall–Kier alpha value is -1.79. The fraction of sp³-hybridized carbons (Fsp3) is 0.462. The molecular formula is C13H19NO5. The SMILES string of the molecule is COCCOc1ccc([C@@H](N)CC(=O)O)cc1OC. The minimum Gasteiger partial charge on any atom is -0.493 e. The predicted octanol–water partition coefficient (Wildman–Crippen LogP) is 1.19. The molecule has 6 nitrogen and oxygen atoms in total. The molecule has 0 aliphatic carbocycles. The zero-order valence-electron chi connectivity index (χ0n) is 11.1. The number of carboxylic acids is 1. The standard InChI is InChI=1S/C13H19NO5/c1-17-5-6-19-11-4-3-9(7-12(11)18-2)10(14)8-13(15)16/h3-4,7,10H,5-6,8,14H2,1-2H3,(H,15,16)/t10-/m0/s1. The number of benzene rings is 1. The van der Waals surface area contributed by atoms with Crippen molar-refractivity contribution < 1.29 is 24.1 Å². The summed E-state index contributed by atoms with van der Waals surface area (Å²) >= 11 is 0. The summed E-state index contributed by atoms with van der Waals surface area (Å²) in [6.07, 6.45) is -0.132. The maximum absolute atomic E-state index is 10.6. The van der Waals surface area contributed by atoms with Crippen LogP contribution in [0, 0.1) is 0 Å². The van der Waals surface area contributed by atoms with Crippen molar-refractivity contribution in [2.45, 2.75) is 12.5 Å². The Morgan fingerprint density at radius 3 is 2.63 bits per heavy atom. The number of ether oxygens (including phenoxy) is 3. The average Bonchev–Trinajstić information content (AvgIpc) is 2.38. The summed E-state index contributed by atoms with van der Waals surface area (Å²) < 4.78 is 15.6. The quantitative estimate of drug-likeness (QED) is 0.689. The molecule has 3 N–H and O–H groups in total. The fourth-order valence-electron chi connectivity index (χ4n) is 1.57. The zero-order valence-corrected chi connectivity index (χ0v) is 11.1. The lowest BCUT2D eigenvalue weighted by Crippen LogP contribution is -2.15. The van der Waals surface area contributed by atoms with E-state index in [1.165, 1.54) is 7.11 Å².